The lowest BCUT2D eigenvalue weighted by molar-refractivity contribution is 0.145. The van der Waals surface area contributed by atoms with Gasteiger partial charge in [0.1, 0.15) is 6.61 Å². The maximum absolute atomic E-state index is 12.4. The average Bonchev–Trinajstić information content (AvgIpc) is 3.22. The second-order valence-electron chi connectivity index (χ2n) is 7.87. The van der Waals surface area contributed by atoms with E-state index in [9.17, 15) is 9.59 Å². The highest BCUT2D eigenvalue weighted by atomic mass is 16.5. The standard InChI is InChI=1S/C26H26N6O3/c1-32-13-12-20-15-22(10-11-23(20)32)30-25(33)29-21-9-5-8-19(14-21)16-28-24(27)31-26(34)35-17-18-6-3-2-4-7-18/h2-15H,16-17H2,1H3,(H2,29,30,33)(H3,27,28,31,34). The summed E-state index contributed by atoms with van der Waals surface area (Å²) in [5.41, 5.74) is 9.85. The summed E-state index contributed by atoms with van der Waals surface area (Å²) in [6.07, 6.45) is 1.29. The maximum atomic E-state index is 12.4. The molecule has 0 radical (unpaired) electrons. The minimum Gasteiger partial charge on any atom is -0.444 e. The number of nitrogens with one attached hydrogen (secondary N) is 3. The van der Waals surface area contributed by atoms with Gasteiger partial charge < -0.3 is 25.7 Å². The van der Waals surface area contributed by atoms with Gasteiger partial charge >= 0.3 is 12.1 Å². The number of fused-ring (bicyclic) bond motifs is 1. The van der Waals surface area contributed by atoms with Crippen LogP contribution in [-0.4, -0.2) is 22.7 Å². The highest BCUT2D eigenvalue weighted by molar-refractivity contribution is 6.01. The highest BCUT2D eigenvalue weighted by Crippen LogP contribution is 2.20. The van der Waals surface area contributed by atoms with Gasteiger partial charge in [0.05, 0.1) is 6.54 Å². The van der Waals surface area contributed by atoms with Crippen LogP contribution in [0.4, 0.5) is 21.0 Å². The lowest BCUT2D eigenvalue weighted by Gasteiger charge is -2.09. The van der Waals surface area contributed by atoms with Crippen LogP contribution in [0.5, 0.6) is 0 Å². The number of aliphatic imine (C=N–C) groups is 1. The van der Waals surface area contributed by atoms with E-state index in [1.165, 1.54) is 0 Å². The summed E-state index contributed by atoms with van der Waals surface area (Å²) in [6, 6.07) is 23.9. The van der Waals surface area contributed by atoms with E-state index in [0.29, 0.717) is 11.4 Å². The molecule has 5 N–H and O–H groups in total. The van der Waals surface area contributed by atoms with Crippen molar-refractivity contribution >= 4 is 40.4 Å². The Hall–Kier alpha value is -4.79. The molecule has 0 atom stereocenters. The van der Waals surface area contributed by atoms with Crippen LogP contribution in [0.2, 0.25) is 0 Å². The van der Waals surface area contributed by atoms with Crippen molar-refractivity contribution in [1.29, 1.82) is 0 Å². The van der Waals surface area contributed by atoms with Gasteiger partial charge in [0.2, 0.25) is 0 Å². The molecule has 0 fully saturated rings. The minimum atomic E-state index is -0.684. The van der Waals surface area contributed by atoms with Crippen LogP contribution < -0.4 is 21.7 Å². The fourth-order valence-corrected chi connectivity index (χ4v) is 3.48. The van der Waals surface area contributed by atoms with Crippen LogP contribution in [0.15, 0.2) is 90.1 Å². The summed E-state index contributed by atoms with van der Waals surface area (Å²) < 4.78 is 7.14. The van der Waals surface area contributed by atoms with E-state index >= 15 is 0 Å². The maximum Gasteiger partial charge on any atom is 0.414 e. The Labute approximate surface area is 202 Å². The van der Waals surface area contributed by atoms with Gasteiger partial charge in [-0.05, 0) is 47.5 Å². The van der Waals surface area contributed by atoms with Crippen molar-refractivity contribution in [1.82, 2.24) is 9.88 Å². The average molecular weight is 471 g/mol. The van der Waals surface area contributed by atoms with Crippen molar-refractivity contribution < 1.29 is 14.3 Å². The second-order valence-corrected chi connectivity index (χ2v) is 7.87. The summed E-state index contributed by atoms with van der Waals surface area (Å²) in [5, 5.41) is 9.09. The number of ether oxygens (including phenoxy) is 1. The van der Waals surface area contributed by atoms with E-state index < -0.39 is 6.09 Å². The fraction of sp³-hybridized carbons (Fsp3) is 0.115. The molecular formula is C26H26N6O3. The number of rotatable bonds is 6. The van der Waals surface area contributed by atoms with Crippen LogP contribution in [0.25, 0.3) is 10.9 Å². The molecule has 0 spiro atoms. The van der Waals surface area contributed by atoms with Gasteiger partial charge in [-0.25, -0.2) is 14.6 Å². The van der Waals surface area contributed by atoms with Gasteiger partial charge in [0.15, 0.2) is 5.96 Å². The van der Waals surface area contributed by atoms with Crippen molar-refractivity contribution in [2.24, 2.45) is 17.8 Å². The molecule has 3 amide bonds. The van der Waals surface area contributed by atoms with Gasteiger partial charge in [-0.3, -0.25) is 5.32 Å². The number of hydrogen-bond donors (Lipinski definition) is 4. The first-order chi connectivity index (χ1) is 17.0. The Balaban J connectivity index is 1.27. The monoisotopic (exact) mass is 470 g/mol. The molecule has 0 saturated carbocycles. The number of hydrogen-bond acceptors (Lipinski definition) is 4. The lowest BCUT2D eigenvalue weighted by atomic mass is 10.2. The van der Waals surface area contributed by atoms with E-state index in [1.807, 2.05) is 78.5 Å². The van der Waals surface area contributed by atoms with Crippen molar-refractivity contribution in [3.8, 4) is 0 Å². The third-order valence-electron chi connectivity index (χ3n) is 5.20. The number of carbonyl (C=O) groups excluding carboxylic acids is 2. The number of carbonyl (C=O) groups is 2. The SMILES string of the molecule is Cn1ccc2cc(NC(=O)Nc3cccc(CN=C(N)NC(=O)OCc4ccccc4)c3)ccc21. The number of aromatic nitrogens is 1. The van der Waals surface area contributed by atoms with E-state index in [4.69, 9.17) is 10.5 Å². The van der Waals surface area contributed by atoms with Crippen LogP contribution in [0, 0.1) is 0 Å². The number of alkyl carbamates (subject to hydrolysis) is 1. The molecule has 9 nitrogen and oxygen atoms in total. The molecule has 35 heavy (non-hydrogen) atoms. The summed E-state index contributed by atoms with van der Waals surface area (Å²) in [7, 11) is 1.97. The number of aryl methyl sites for hydroxylation is 1. The zero-order chi connectivity index (χ0) is 24.6. The Kier molecular flexibility index (Phi) is 7.27. The van der Waals surface area contributed by atoms with Crippen LogP contribution in [0.3, 0.4) is 0 Å². The van der Waals surface area contributed by atoms with E-state index in [0.717, 1.165) is 22.0 Å². The molecule has 1 heterocycles. The Morgan fingerprint density at radius 3 is 2.46 bits per heavy atom. The summed E-state index contributed by atoms with van der Waals surface area (Å²) in [6.45, 7) is 0.349. The molecule has 0 aliphatic heterocycles. The molecule has 0 aliphatic carbocycles. The van der Waals surface area contributed by atoms with Crippen molar-refractivity contribution in [3.63, 3.8) is 0 Å². The second kappa shape index (κ2) is 10.9. The zero-order valence-electron chi connectivity index (χ0n) is 19.2. The summed E-state index contributed by atoms with van der Waals surface area (Å²) in [5.74, 6) is -0.0597. The lowest BCUT2D eigenvalue weighted by Crippen LogP contribution is -2.37. The fourth-order valence-electron chi connectivity index (χ4n) is 3.48. The quantitative estimate of drug-likeness (QED) is 0.244. The normalized spacial score (nSPS) is 11.2. The molecule has 0 bridgehead atoms. The Morgan fingerprint density at radius 2 is 1.66 bits per heavy atom. The van der Waals surface area contributed by atoms with Gasteiger partial charge in [-0.1, -0.05) is 42.5 Å². The molecule has 3 aromatic carbocycles. The van der Waals surface area contributed by atoms with Crippen LogP contribution in [0.1, 0.15) is 11.1 Å². The number of nitrogens with two attached hydrogens (primary N) is 1. The predicted molar refractivity (Wildman–Crippen MR) is 137 cm³/mol. The molecule has 0 unspecified atom stereocenters. The third kappa shape index (κ3) is 6.61. The van der Waals surface area contributed by atoms with Gasteiger partial charge in [0.25, 0.3) is 0 Å². The van der Waals surface area contributed by atoms with Gasteiger partial charge in [0, 0.05) is 35.5 Å². The van der Waals surface area contributed by atoms with E-state index in [-0.39, 0.29) is 25.1 Å². The van der Waals surface area contributed by atoms with Crippen molar-refractivity contribution in [2.75, 3.05) is 10.6 Å². The van der Waals surface area contributed by atoms with Gasteiger partial charge in [-0.15, -0.1) is 0 Å². The molecule has 1 aromatic heterocycles. The summed E-state index contributed by atoms with van der Waals surface area (Å²) >= 11 is 0. The van der Waals surface area contributed by atoms with Crippen LogP contribution in [-0.2, 0) is 24.9 Å². The molecule has 4 rings (SSSR count). The summed E-state index contributed by atoms with van der Waals surface area (Å²) in [4.78, 5) is 28.5. The van der Waals surface area contributed by atoms with E-state index in [1.54, 1.807) is 18.2 Å². The number of urea groups is 1. The zero-order valence-corrected chi connectivity index (χ0v) is 19.2. The molecular weight excluding hydrogens is 444 g/mol. The first-order valence-electron chi connectivity index (χ1n) is 11.0. The Morgan fingerprint density at radius 1 is 0.914 bits per heavy atom. The molecule has 9 heteroatoms. The van der Waals surface area contributed by atoms with E-state index in [2.05, 4.69) is 20.9 Å². The van der Waals surface area contributed by atoms with Crippen molar-refractivity contribution in [2.45, 2.75) is 13.2 Å². The number of nitrogens with zero attached hydrogens (tertiary/aromatic N) is 2. The minimum absolute atomic E-state index is 0.0597. The topological polar surface area (TPSA) is 123 Å². The largest absolute Gasteiger partial charge is 0.444 e. The molecule has 0 saturated heterocycles. The highest BCUT2D eigenvalue weighted by Gasteiger charge is 2.07. The number of amides is 3. The smallest absolute Gasteiger partial charge is 0.414 e. The first kappa shape index (κ1) is 23.4. The molecule has 0 aliphatic rings. The number of anilines is 2. The van der Waals surface area contributed by atoms with Crippen molar-refractivity contribution in [3.05, 3.63) is 96.2 Å². The predicted octanol–water partition coefficient (Wildman–Crippen LogP) is 4.56. The number of benzene rings is 3. The molecule has 4 aromatic rings. The first-order valence-corrected chi connectivity index (χ1v) is 11.0. The van der Waals surface area contributed by atoms with Crippen LogP contribution >= 0.6 is 0 Å². The van der Waals surface area contributed by atoms with Gasteiger partial charge in [-0.2, -0.15) is 0 Å². The Bertz CT molecular complexity index is 1360. The number of guanidine groups is 1. The third-order valence-corrected chi connectivity index (χ3v) is 5.20. The molecule has 178 valence electrons.